The lowest BCUT2D eigenvalue weighted by molar-refractivity contribution is 0.754. The van der Waals surface area contributed by atoms with Gasteiger partial charge in [0.05, 0.1) is 0 Å². The molecule has 0 saturated carbocycles. The molecule has 0 unspecified atom stereocenters. The van der Waals surface area contributed by atoms with Crippen molar-refractivity contribution < 1.29 is 0 Å². The average Bonchev–Trinajstić information content (AvgIpc) is 2.60. The van der Waals surface area contributed by atoms with Crippen LogP contribution in [0.4, 0.5) is 0 Å². The molecule has 0 saturated heterocycles. The Morgan fingerprint density at radius 2 is 2.07 bits per heavy atom. The van der Waals surface area contributed by atoms with Gasteiger partial charge in [0.2, 0.25) is 0 Å². The van der Waals surface area contributed by atoms with E-state index in [0.29, 0.717) is 5.92 Å². The molecular formula is C14H18. The third-order valence-corrected chi connectivity index (χ3v) is 3.13. The number of rotatable bonds is 2. The molecule has 0 heterocycles. The first-order valence-electron chi connectivity index (χ1n) is 5.53. The van der Waals surface area contributed by atoms with Gasteiger partial charge in [-0.3, -0.25) is 0 Å². The summed E-state index contributed by atoms with van der Waals surface area (Å²) in [7, 11) is 0. The van der Waals surface area contributed by atoms with E-state index in [0.717, 1.165) is 6.42 Å². The summed E-state index contributed by atoms with van der Waals surface area (Å²) in [5.74, 6) is 0.687. The van der Waals surface area contributed by atoms with E-state index >= 15 is 0 Å². The fourth-order valence-electron chi connectivity index (χ4n) is 2.14. The highest BCUT2D eigenvalue weighted by Gasteiger charge is 2.16. The van der Waals surface area contributed by atoms with Crippen molar-refractivity contribution in [1.82, 2.24) is 0 Å². The van der Waals surface area contributed by atoms with E-state index in [2.05, 4.69) is 45.0 Å². The van der Waals surface area contributed by atoms with Crippen LogP contribution in [0.15, 0.2) is 23.8 Å². The lowest BCUT2D eigenvalue weighted by atomic mass is 10.0. The molecule has 14 heavy (non-hydrogen) atoms. The second-order valence-electron chi connectivity index (χ2n) is 4.39. The van der Waals surface area contributed by atoms with Crippen molar-refractivity contribution in [3.05, 3.63) is 40.5 Å². The smallest absolute Gasteiger partial charge is 0.00552 e. The van der Waals surface area contributed by atoms with E-state index in [1.54, 1.807) is 5.57 Å². The van der Waals surface area contributed by atoms with Crippen LogP contribution in [0.2, 0.25) is 0 Å². The van der Waals surface area contributed by atoms with Gasteiger partial charge in [0, 0.05) is 0 Å². The summed E-state index contributed by atoms with van der Waals surface area (Å²) >= 11 is 0. The van der Waals surface area contributed by atoms with Gasteiger partial charge < -0.3 is 0 Å². The van der Waals surface area contributed by atoms with Gasteiger partial charge in [0.1, 0.15) is 0 Å². The predicted molar refractivity (Wildman–Crippen MR) is 62.3 cm³/mol. The summed E-state index contributed by atoms with van der Waals surface area (Å²) in [5.41, 5.74) is 6.10. The van der Waals surface area contributed by atoms with Crippen LogP contribution in [0.5, 0.6) is 0 Å². The van der Waals surface area contributed by atoms with Gasteiger partial charge in [-0.05, 0) is 35.4 Å². The molecule has 74 valence electrons. The summed E-state index contributed by atoms with van der Waals surface area (Å²) in [6.07, 6.45) is 4.71. The first-order chi connectivity index (χ1) is 6.72. The molecule has 1 aliphatic carbocycles. The second kappa shape index (κ2) is 3.61. The SMILES string of the molecule is CCc1cccc2c1C=C(C(C)C)C2. The molecule has 1 aromatic carbocycles. The van der Waals surface area contributed by atoms with Crippen LogP contribution in [-0.2, 0) is 12.8 Å². The van der Waals surface area contributed by atoms with Crippen LogP contribution in [0.3, 0.4) is 0 Å². The molecule has 0 fully saturated rings. The standard InChI is InChI=1S/C14H18/c1-4-11-6-5-7-12-8-13(10(2)3)9-14(11)12/h5-7,9-10H,4,8H2,1-3H3. The molecule has 0 amide bonds. The van der Waals surface area contributed by atoms with Crippen LogP contribution < -0.4 is 0 Å². The molecule has 0 spiro atoms. The van der Waals surface area contributed by atoms with E-state index in [1.807, 2.05) is 0 Å². The molecule has 0 aromatic heterocycles. The second-order valence-corrected chi connectivity index (χ2v) is 4.39. The number of hydrogen-bond donors (Lipinski definition) is 0. The fraction of sp³-hybridized carbons (Fsp3) is 0.429. The molecule has 2 rings (SSSR count). The van der Waals surface area contributed by atoms with E-state index in [9.17, 15) is 0 Å². The third kappa shape index (κ3) is 1.50. The van der Waals surface area contributed by atoms with Crippen LogP contribution in [-0.4, -0.2) is 0 Å². The molecule has 1 aliphatic rings. The quantitative estimate of drug-likeness (QED) is 0.658. The molecule has 0 aliphatic heterocycles. The molecule has 1 aromatic rings. The van der Waals surface area contributed by atoms with Gasteiger partial charge >= 0.3 is 0 Å². The molecule has 0 N–H and O–H groups in total. The van der Waals surface area contributed by atoms with Crippen LogP contribution >= 0.6 is 0 Å². The van der Waals surface area contributed by atoms with Gasteiger partial charge in [-0.15, -0.1) is 0 Å². The topological polar surface area (TPSA) is 0 Å². The Labute approximate surface area is 86.7 Å². The summed E-state index contributed by atoms with van der Waals surface area (Å²) in [6.45, 7) is 6.80. The highest BCUT2D eigenvalue weighted by Crippen LogP contribution is 2.31. The minimum absolute atomic E-state index is 0.687. The average molecular weight is 186 g/mol. The number of allylic oxidation sites excluding steroid dienone is 1. The van der Waals surface area contributed by atoms with Crippen molar-refractivity contribution in [2.75, 3.05) is 0 Å². The fourth-order valence-corrected chi connectivity index (χ4v) is 2.14. The summed E-state index contributed by atoms with van der Waals surface area (Å²) < 4.78 is 0. The summed E-state index contributed by atoms with van der Waals surface area (Å²) in [6, 6.07) is 6.70. The van der Waals surface area contributed by atoms with Gasteiger partial charge in [0.25, 0.3) is 0 Å². The first-order valence-corrected chi connectivity index (χ1v) is 5.53. The number of fused-ring (bicyclic) bond motifs is 1. The van der Waals surface area contributed by atoms with Gasteiger partial charge in [0.15, 0.2) is 0 Å². The molecular weight excluding hydrogens is 168 g/mol. The van der Waals surface area contributed by atoms with Crippen molar-refractivity contribution in [3.63, 3.8) is 0 Å². The molecule has 0 bridgehead atoms. The highest BCUT2D eigenvalue weighted by molar-refractivity contribution is 5.67. The Morgan fingerprint density at radius 3 is 2.71 bits per heavy atom. The van der Waals surface area contributed by atoms with Crippen molar-refractivity contribution in [2.45, 2.75) is 33.6 Å². The predicted octanol–water partition coefficient (Wildman–Crippen LogP) is 3.84. The molecule has 0 radical (unpaired) electrons. The maximum atomic E-state index is 2.40. The van der Waals surface area contributed by atoms with E-state index in [-0.39, 0.29) is 0 Å². The normalized spacial score (nSPS) is 14.4. The molecule has 0 atom stereocenters. The van der Waals surface area contributed by atoms with Crippen molar-refractivity contribution >= 4 is 6.08 Å². The zero-order chi connectivity index (χ0) is 10.1. The zero-order valence-corrected chi connectivity index (χ0v) is 9.30. The Bertz CT molecular complexity index is 370. The van der Waals surface area contributed by atoms with Gasteiger partial charge in [-0.1, -0.05) is 50.6 Å². The minimum Gasteiger partial charge on any atom is -0.0626 e. The number of hydrogen-bond acceptors (Lipinski definition) is 0. The zero-order valence-electron chi connectivity index (χ0n) is 9.30. The van der Waals surface area contributed by atoms with Crippen molar-refractivity contribution in [2.24, 2.45) is 5.92 Å². The van der Waals surface area contributed by atoms with Crippen LogP contribution in [0, 0.1) is 5.92 Å². The maximum absolute atomic E-state index is 2.40. The van der Waals surface area contributed by atoms with Crippen LogP contribution in [0.25, 0.3) is 6.08 Å². The Kier molecular flexibility index (Phi) is 2.45. The number of aryl methyl sites for hydroxylation is 1. The lowest BCUT2D eigenvalue weighted by Crippen LogP contribution is -1.93. The Morgan fingerprint density at radius 1 is 1.29 bits per heavy atom. The van der Waals surface area contributed by atoms with Crippen LogP contribution in [0.1, 0.15) is 37.5 Å². The van der Waals surface area contributed by atoms with Gasteiger partial charge in [-0.2, -0.15) is 0 Å². The largest absolute Gasteiger partial charge is 0.0626 e. The van der Waals surface area contributed by atoms with E-state index in [1.165, 1.54) is 23.1 Å². The van der Waals surface area contributed by atoms with E-state index < -0.39 is 0 Å². The first kappa shape index (κ1) is 9.51. The maximum Gasteiger partial charge on any atom is -0.00552 e. The van der Waals surface area contributed by atoms with Crippen molar-refractivity contribution in [3.8, 4) is 0 Å². The number of benzene rings is 1. The monoisotopic (exact) mass is 186 g/mol. The van der Waals surface area contributed by atoms with Crippen molar-refractivity contribution in [1.29, 1.82) is 0 Å². The summed E-state index contributed by atoms with van der Waals surface area (Å²) in [4.78, 5) is 0. The Balaban J connectivity index is 2.42. The molecule has 0 nitrogen and oxygen atoms in total. The Hall–Kier alpha value is -1.04. The van der Waals surface area contributed by atoms with E-state index in [4.69, 9.17) is 0 Å². The lowest BCUT2D eigenvalue weighted by Gasteiger charge is -2.04. The molecule has 0 heteroatoms. The third-order valence-electron chi connectivity index (χ3n) is 3.13. The van der Waals surface area contributed by atoms with Gasteiger partial charge in [-0.25, -0.2) is 0 Å². The minimum atomic E-state index is 0.687. The highest BCUT2D eigenvalue weighted by atomic mass is 14.2. The summed E-state index contributed by atoms with van der Waals surface area (Å²) in [5, 5.41) is 0.